The molecule has 7 nitrogen and oxygen atoms in total. The number of rotatable bonds is 7. The summed E-state index contributed by atoms with van der Waals surface area (Å²) in [6.45, 7) is 3.31. The van der Waals surface area contributed by atoms with E-state index in [1.807, 2.05) is 33.9 Å². The summed E-state index contributed by atoms with van der Waals surface area (Å²) in [5.41, 5.74) is 2.61. The van der Waals surface area contributed by atoms with E-state index in [4.69, 9.17) is 25.8 Å². The van der Waals surface area contributed by atoms with Crippen LogP contribution < -0.4 is 4.74 Å². The normalized spacial score (nSPS) is 19.1. The summed E-state index contributed by atoms with van der Waals surface area (Å²) in [4.78, 5) is 27.2. The number of nitrogens with zero attached hydrogens (tertiary/aromatic N) is 2. The molecule has 2 aliphatic heterocycles. The molecule has 3 heterocycles. The molecule has 0 spiro atoms. The summed E-state index contributed by atoms with van der Waals surface area (Å²) in [6, 6.07) is 14.2. The number of hydrogen-bond acceptors (Lipinski definition) is 5. The van der Waals surface area contributed by atoms with Gasteiger partial charge in [0.2, 0.25) is 5.91 Å². The van der Waals surface area contributed by atoms with Crippen molar-refractivity contribution in [3.8, 4) is 11.4 Å². The van der Waals surface area contributed by atoms with Crippen LogP contribution in [0.25, 0.3) is 5.69 Å². The summed E-state index contributed by atoms with van der Waals surface area (Å²) in [5, 5.41) is 0.500. The molecule has 1 aromatic heterocycles. The number of benzene rings is 2. The van der Waals surface area contributed by atoms with Crippen LogP contribution in [0.15, 0.2) is 54.7 Å². The molecular formula is C30H32ClFN2O5. The SMILES string of the molecule is CCOC(=O)CC1CCN(C(=O)C[C@@H]2O[C@@H](c3cccc(OC)c3F)c3cc(Cl)ccc3-n3cccc32)CC1. The molecule has 0 N–H and O–H groups in total. The van der Waals surface area contributed by atoms with Gasteiger partial charge in [0.1, 0.15) is 12.2 Å². The zero-order valence-electron chi connectivity index (χ0n) is 22.1. The number of esters is 1. The lowest BCUT2D eigenvalue weighted by atomic mass is 9.93. The minimum absolute atomic E-state index is 0.0452. The zero-order valence-corrected chi connectivity index (χ0v) is 22.8. The van der Waals surface area contributed by atoms with Crippen LogP contribution in [0.2, 0.25) is 5.02 Å². The fraction of sp³-hybridized carbons (Fsp3) is 0.400. The smallest absolute Gasteiger partial charge is 0.306 e. The minimum Gasteiger partial charge on any atom is -0.494 e. The Bertz CT molecular complexity index is 1350. The van der Waals surface area contributed by atoms with Crippen molar-refractivity contribution in [2.75, 3.05) is 26.8 Å². The zero-order chi connectivity index (χ0) is 27.5. The van der Waals surface area contributed by atoms with E-state index < -0.39 is 18.0 Å². The van der Waals surface area contributed by atoms with E-state index in [1.165, 1.54) is 7.11 Å². The van der Waals surface area contributed by atoms with Crippen molar-refractivity contribution in [3.05, 3.63) is 82.4 Å². The average molecular weight is 555 g/mol. The van der Waals surface area contributed by atoms with E-state index in [2.05, 4.69) is 0 Å². The Labute approximate surface area is 232 Å². The molecular weight excluding hydrogens is 523 g/mol. The second-order valence-corrected chi connectivity index (χ2v) is 10.3. The first kappa shape index (κ1) is 27.2. The highest BCUT2D eigenvalue weighted by molar-refractivity contribution is 6.30. The molecule has 39 heavy (non-hydrogen) atoms. The van der Waals surface area contributed by atoms with Crippen LogP contribution in [0.1, 0.15) is 61.6 Å². The summed E-state index contributed by atoms with van der Waals surface area (Å²) >= 11 is 6.39. The van der Waals surface area contributed by atoms with E-state index in [-0.39, 0.29) is 30.0 Å². The van der Waals surface area contributed by atoms with Gasteiger partial charge in [-0.3, -0.25) is 9.59 Å². The summed E-state index contributed by atoms with van der Waals surface area (Å²) < 4.78 is 34.5. The topological polar surface area (TPSA) is 70.0 Å². The predicted octanol–water partition coefficient (Wildman–Crippen LogP) is 6.02. The van der Waals surface area contributed by atoms with Gasteiger partial charge >= 0.3 is 5.97 Å². The molecule has 1 fully saturated rings. The van der Waals surface area contributed by atoms with Gasteiger partial charge in [-0.15, -0.1) is 0 Å². The lowest BCUT2D eigenvalue weighted by molar-refractivity contribution is -0.144. The first-order chi connectivity index (χ1) is 18.9. The van der Waals surface area contributed by atoms with Gasteiger partial charge in [-0.1, -0.05) is 23.7 Å². The highest BCUT2D eigenvalue weighted by Gasteiger charge is 2.35. The number of likely N-dealkylation sites (tertiary alicyclic amines) is 1. The van der Waals surface area contributed by atoms with Gasteiger partial charge < -0.3 is 23.7 Å². The lowest BCUT2D eigenvalue weighted by Gasteiger charge is -2.33. The van der Waals surface area contributed by atoms with Crippen LogP contribution in [0, 0.1) is 11.7 Å². The fourth-order valence-electron chi connectivity index (χ4n) is 5.55. The van der Waals surface area contributed by atoms with E-state index >= 15 is 4.39 Å². The Balaban J connectivity index is 1.41. The molecule has 1 saturated heterocycles. The third kappa shape index (κ3) is 5.68. The largest absolute Gasteiger partial charge is 0.494 e. The van der Waals surface area contributed by atoms with Crippen molar-refractivity contribution in [1.82, 2.24) is 9.47 Å². The molecule has 0 radical (unpaired) electrons. The molecule has 2 atom stereocenters. The molecule has 9 heteroatoms. The quantitative estimate of drug-likeness (QED) is 0.334. The van der Waals surface area contributed by atoms with Crippen LogP contribution in [0.5, 0.6) is 5.75 Å². The molecule has 2 aromatic carbocycles. The molecule has 5 rings (SSSR count). The molecule has 0 saturated carbocycles. The maximum Gasteiger partial charge on any atom is 0.306 e. The van der Waals surface area contributed by atoms with E-state index in [9.17, 15) is 9.59 Å². The van der Waals surface area contributed by atoms with Crippen molar-refractivity contribution >= 4 is 23.5 Å². The Hall–Kier alpha value is -3.36. The Kier molecular flexibility index (Phi) is 8.23. The van der Waals surface area contributed by atoms with Crippen molar-refractivity contribution in [1.29, 1.82) is 0 Å². The van der Waals surface area contributed by atoms with E-state index in [1.54, 1.807) is 37.3 Å². The van der Waals surface area contributed by atoms with Gasteiger partial charge in [0.05, 0.1) is 31.5 Å². The number of amides is 1. The predicted molar refractivity (Wildman–Crippen MR) is 145 cm³/mol. The number of halogens is 2. The number of carbonyl (C=O) groups is 2. The molecule has 0 bridgehead atoms. The molecule has 1 amide bonds. The van der Waals surface area contributed by atoms with Gasteiger partial charge in [0.25, 0.3) is 0 Å². The average Bonchev–Trinajstić information content (AvgIpc) is 3.37. The van der Waals surface area contributed by atoms with Gasteiger partial charge in [-0.05, 0) is 62.1 Å². The Morgan fingerprint density at radius 2 is 1.87 bits per heavy atom. The number of ether oxygens (including phenoxy) is 3. The van der Waals surface area contributed by atoms with Crippen LogP contribution in [0.3, 0.4) is 0 Å². The fourth-order valence-corrected chi connectivity index (χ4v) is 5.73. The minimum atomic E-state index is -0.818. The second kappa shape index (κ2) is 11.8. The van der Waals surface area contributed by atoms with Crippen LogP contribution in [-0.4, -0.2) is 48.1 Å². The van der Waals surface area contributed by atoms with Crippen LogP contribution in [0.4, 0.5) is 4.39 Å². The van der Waals surface area contributed by atoms with Gasteiger partial charge in [0, 0.05) is 41.9 Å². The molecule has 2 aliphatic rings. The van der Waals surface area contributed by atoms with Gasteiger partial charge in [0.15, 0.2) is 11.6 Å². The lowest BCUT2D eigenvalue weighted by Crippen LogP contribution is -2.39. The number of carbonyl (C=O) groups excluding carboxylic acids is 2. The Morgan fingerprint density at radius 3 is 2.62 bits per heavy atom. The monoisotopic (exact) mass is 554 g/mol. The van der Waals surface area contributed by atoms with Crippen LogP contribution in [-0.2, 0) is 19.1 Å². The summed E-state index contributed by atoms with van der Waals surface area (Å²) in [7, 11) is 1.42. The van der Waals surface area contributed by atoms with E-state index in [0.717, 1.165) is 24.2 Å². The number of fused-ring (bicyclic) bond motifs is 3. The number of piperidine rings is 1. The maximum absolute atomic E-state index is 15.5. The molecule has 206 valence electrons. The highest BCUT2D eigenvalue weighted by atomic mass is 35.5. The summed E-state index contributed by atoms with van der Waals surface area (Å²) in [6.07, 6.45) is 2.42. The van der Waals surface area contributed by atoms with Crippen LogP contribution >= 0.6 is 11.6 Å². The molecule has 0 aliphatic carbocycles. The third-order valence-corrected chi connectivity index (χ3v) is 7.76. The summed E-state index contributed by atoms with van der Waals surface area (Å²) in [5.74, 6) is -0.432. The van der Waals surface area contributed by atoms with Gasteiger partial charge in [-0.2, -0.15) is 0 Å². The first-order valence-corrected chi connectivity index (χ1v) is 13.7. The number of methoxy groups -OCH3 is 1. The van der Waals surface area contributed by atoms with E-state index in [0.29, 0.717) is 42.3 Å². The number of hydrogen-bond donors (Lipinski definition) is 0. The standard InChI is InChI=1S/C30H32ClFN2O5/c1-3-38-28(36)16-19-11-14-33(15-12-19)27(35)18-26-24-7-5-13-34(24)23-10-9-20(31)17-22(23)30(39-26)21-6-4-8-25(37-2)29(21)32/h4-10,13,17,19,26,30H,3,11-12,14-16,18H2,1-2H3/t26-,30-/m0/s1. The number of aromatic nitrogens is 1. The molecule has 3 aromatic rings. The van der Waals surface area contributed by atoms with Crippen molar-refractivity contribution < 1.29 is 28.2 Å². The first-order valence-electron chi connectivity index (χ1n) is 13.3. The highest BCUT2D eigenvalue weighted by Crippen LogP contribution is 2.43. The van der Waals surface area contributed by atoms with Crippen molar-refractivity contribution in [3.63, 3.8) is 0 Å². The van der Waals surface area contributed by atoms with Crippen molar-refractivity contribution in [2.45, 2.75) is 44.8 Å². The van der Waals surface area contributed by atoms with Gasteiger partial charge in [-0.25, -0.2) is 4.39 Å². The molecule has 0 unspecified atom stereocenters. The van der Waals surface area contributed by atoms with Crippen molar-refractivity contribution in [2.24, 2.45) is 5.92 Å². The Morgan fingerprint density at radius 1 is 1.08 bits per heavy atom. The maximum atomic E-state index is 15.5. The third-order valence-electron chi connectivity index (χ3n) is 7.53. The second-order valence-electron chi connectivity index (χ2n) is 9.91.